The summed E-state index contributed by atoms with van der Waals surface area (Å²) in [5, 5.41) is 1.36. The molecule has 1 heterocycles. The van der Waals surface area contributed by atoms with E-state index in [1.165, 1.54) is 17.4 Å². The van der Waals surface area contributed by atoms with E-state index in [1.54, 1.807) is 39.8 Å². The Kier molecular flexibility index (Phi) is 7.66. The highest BCUT2D eigenvalue weighted by molar-refractivity contribution is 7.54. The van der Waals surface area contributed by atoms with Crippen molar-refractivity contribution in [2.45, 2.75) is 52.0 Å². The molecule has 162 valence electrons. The zero-order valence-corrected chi connectivity index (χ0v) is 20.4. The SMILES string of the molecule is CC(C)OP(=O)(OC(C)C)C(Cc1cccc(Cl)c1F)c1sc2ccccc2c1Cl. The molecule has 8 heteroatoms. The van der Waals surface area contributed by atoms with E-state index in [2.05, 4.69) is 0 Å². The minimum absolute atomic E-state index is 0.0121. The molecule has 3 rings (SSSR count). The second-order valence-corrected chi connectivity index (χ2v) is 11.6. The first-order chi connectivity index (χ1) is 14.1. The van der Waals surface area contributed by atoms with E-state index in [4.69, 9.17) is 32.2 Å². The third-order valence-corrected chi connectivity index (χ3v) is 9.31. The number of thiophene rings is 1. The van der Waals surface area contributed by atoms with Crippen LogP contribution in [0.15, 0.2) is 42.5 Å². The largest absolute Gasteiger partial charge is 0.339 e. The Hall–Kier alpha value is -0.940. The van der Waals surface area contributed by atoms with Crippen molar-refractivity contribution in [1.82, 2.24) is 0 Å². The summed E-state index contributed by atoms with van der Waals surface area (Å²) in [4.78, 5) is 0.655. The van der Waals surface area contributed by atoms with E-state index in [1.807, 2.05) is 24.3 Å². The standard InChI is InChI=1S/C22H24Cl2FO3PS/c1-13(2)27-29(26,28-14(3)4)18(12-15-8-7-10-17(23)21(15)25)22-20(24)16-9-5-6-11-19(16)30-22/h5-11,13-14,18H,12H2,1-4H3. The lowest BCUT2D eigenvalue weighted by Gasteiger charge is -2.30. The summed E-state index contributed by atoms with van der Waals surface area (Å²) in [6.45, 7) is 7.17. The summed E-state index contributed by atoms with van der Waals surface area (Å²) in [7, 11) is -3.73. The molecule has 0 amide bonds. The van der Waals surface area contributed by atoms with Gasteiger partial charge in [-0.25, -0.2) is 4.39 Å². The van der Waals surface area contributed by atoms with Crippen molar-refractivity contribution in [2.75, 3.05) is 0 Å². The molecule has 0 aliphatic heterocycles. The number of fused-ring (bicyclic) bond motifs is 1. The molecule has 0 N–H and O–H groups in total. The summed E-state index contributed by atoms with van der Waals surface area (Å²) in [5.74, 6) is -0.540. The van der Waals surface area contributed by atoms with Crippen LogP contribution in [0.4, 0.5) is 4.39 Å². The molecule has 0 spiro atoms. The van der Waals surface area contributed by atoms with Gasteiger partial charge >= 0.3 is 7.60 Å². The van der Waals surface area contributed by atoms with Gasteiger partial charge in [0.1, 0.15) is 11.5 Å². The molecule has 1 atom stereocenters. The van der Waals surface area contributed by atoms with Gasteiger partial charge in [0.25, 0.3) is 0 Å². The fraction of sp³-hybridized carbons (Fsp3) is 0.364. The molecular weight excluding hydrogens is 465 g/mol. The maximum atomic E-state index is 14.8. The Labute approximate surface area is 190 Å². The monoisotopic (exact) mass is 488 g/mol. The predicted molar refractivity (Wildman–Crippen MR) is 125 cm³/mol. The third-order valence-electron chi connectivity index (χ3n) is 4.40. The van der Waals surface area contributed by atoms with E-state index in [-0.39, 0.29) is 23.7 Å². The van der Waals surface area contributed by atoms with Gasteiger partial charge in [-0.05, 0) is 51.8 Å². The summed E-state index contributed by atoms with van der Waals surface area (Å²) >= 11 is 14.1. The quantitative estimate of drug-likeness (QED) is 0.297. The second kappa shape index (κ2) is 9.68. The molecule has 3 nitrogen and oxygen atoms in total. The van der Waals surface area contributed by atoms with E-state index >= 15 is 0 Å². The maximum Gasteiger partial charge on any atom is 0.339 e. The minimum Gasteiger partial charge on any atom is -0.305 e. The van der Waals surface area contributed by atoms with Crippen LogP contribution in [-0.2, 0) is 20.0 Å². The molecule has 3 aromatic rings. The highest BCUT2D eigenvalue weighted by Crippen LogP contribution is 2.66. The van der Waals surface area contributed by atoms with E-state index < -0.39 is 19.1 Å². The number of rotatable bonds is 8. The lowest BCUT2D eigenvalue weighted by Crippen LogP contribution is -2.15. The Bertz CT molecular complexity index is 1070. The van der Waals surface area contributed by atoms with Crippen molar-refractivity contribution in [2.24, 2.45) is 0 Å². The molecule has 0 radical (unpaired) electrons. The van der Waals surface area contributed by atoms with E-state index in [9.17, 15) is 8.96 Å². The Morgan fingerprint density at radius 3 is 2.23 bits per heavy atom. The van der Waals surface area contributed by atoms with Crippen LogP contribution in [0.25, 0.3) is 10.1 Å². The van der Waals surface area contributed by atoms with Crippen molar-refractivity contribution < 1.29 is 18.0 Å². The number of benzene rings is 2. The fourth-order valence-electron chi connectivity index (χ4n) is 3.27. The van der Waals surface area contributed by atoms with Crippen LogP contribution in [0.3, 0.4) is 0 Å². The van der Waals surface area contributed by atoms with Gasteiger partial charge < -0.3 is 9.05 Å². The van der Waals surface area contributed by atoms with Crippen LogP contribution in [0, 0.1) is 5.82 Å². The summed E-state index contributed by atoms with van der Waals surface area (Å²) in [6.07, 6.45) is -0.626. The van der Waals surface area contributed by atoms with Crippen LogP contribution >= 0.6 is 42.1 Å². The molecule has 30 heavy (non-hydrogen) atoms. The number of halogens is 3. The highest BCUT2D eigenvalue weighted by Gasteiger charge is 2.42. The first-order valence-electron chi connectivity index (χ1n) is 9.68. The fourth-order valence-corrected chi connectivity index (χ4v) is 7.99. The molecular formula is C22H24Cl2FO3PS. The van der Waals surface area contributed by atoms with Crippen LogP contribution in [0.1, 0.15) is 43.8 Å². The van der Waals surface area contributed by atoms with Crippen molar-refractivity contribution in [1.29, 1.82) is 0 Å². The molecule has 0 saturated carbocycles. The van der Waals surface area contributed by atoms with Crippen molar-refractivity contribution in [3.8, 4) is 0 Å². The minimum atomic E-state index is -3.73. The van der Waals surface area contributed by atoms with Crippen molar-refractivity contribution >= 4 is 52.2 Å². The van der Waals surface area contributed by atoms with Gasteiger partial charge in [-0.15, -0.1) is 11.3 Å². The van der Waals surface area contributed by atoms with Crippen LogP contribution in [0.2, 0.25) is 10.0 Å². The van der Waals surface area contributed by atoms with Gasteiger partial charge in [-0.3, -0.25) is 4.57 Å². The lowest BCUT2D eigenvalue weighted by atomic mass is 10.1. The third kappa shape index (κ3) is 5.09. The molecule has 0 saturated heterocycles. The maximum absolute atomic E-state index is 14.8. The summed E-state index contributed by atoms with van der Waals surface area (Å²) in [5.41, 5.74) is -0.443. The smallest absolute Gasteiger partial charge is 0.305 e. The van der Waals surface area contributed by atoms with E-state index in [0.717, 1.165) is 10.1 Å². The molecule has 0 bridgehead atoms. The Morgan fingerprint density at radius 2 is 1.63 bits per heavy atom. The second-order valence-electron chi connectivity index (χ2n) is 7.56. The van der Waals surface area contributed by atoms with Gasteiger partial charge in [0.05, 0.1) is 22.3 Å². The molecule has 1 aromatic heterocycles. The average molecular weight is 489 g/mol. The number of hydrogen-bond acceptors (Lipinski definition) is 4. The summed E-state index contributed by atoms with van der Waals surface area (Å²) < 4.78 is 41.6. The molecule has 0 aliphatic carbocycles. The van der Waals surface area contributed by atoms with Gasteiger partial charge in [-0.2, -0.15) is 0 Å². The van der Waals surface area contributed by atoms with Crippen LogP contribution in [-0.4, -0.2) is 12.2 Å². The Morgan fingerprint density at radius 1 is 1.00 bits per heavy atom. The zero-order chi connectivity index (χ0) is 22.1. The molecule has 0 fully saturated rings. The zero-order valence-electron chi connectivity index (χ0n) is 17.2. The van der Waals surface area contributed by atoms with Gasteiger partial charge in [0.15, 0.2) is 0 Å². The van der Waals surface area contributed by atoms with Crippen LogP contribution in [0.5, 0.6) is 0 Å². The van der Waals surface area contributed by atoms with Gasteiger partial charge in [0, 0.05) is 15.0 Å². The van der Waals surface area contributed by atoms with Crippen molar-refractivity contribution in [3.63, 3.8) is 0 Å². The van der Waals surface area contributed by atoms with E-state index in [0.29, 0.717) is 15.5 Å². The molecule has 0 aliphatic rings. The predicted octanol–water partition coefficient (Wildman–Crippen LogP) is 8.67. The topological polar surface area (TPSA) is 35.5 Å². The lowest BCUT2D eigenvalue weighted by molar-refractivity contribution is 0.136. The van der Waals surface area contributed by atoms with Gasteiger partial charge in [0.2, 0.25) is 0 Å². The molecule has 2 aromatic carbocycles. The van der Waals surface area contributed by atoms with Crippen molar-refractivity contribution in [3.05, 3.63) is 68.8 Å². The molecule has 1 unspecified atom stereocenters. The first-order valence-corrected chi connectivity index (χ1v) is 12.9. The van der Waals surface area contributed by atoms with Gasteiger partial charge in [-0.1, -0.05) is 53.5 Å². The average Bonchev–Trinajstić information content (AvgIpc) is 2.98. The normalized spacial score (nSPS) is 13.5. The van der Waals surface area contributed by atoms with Crippen LogP contribution < -0.4 is 0 Å². The highest BCUT2D eigenvalue weighted by atomic mass is 35.5. The number of hydrogen-bond donors (Lipinski definition) is 0. The first kappa shape index (κ1) is 23.7. The Balaban J connectivity index is 2.19. The summed E-state index contributed by atoms with van der Waals surface area (Å²) in [6, 6.07) is 12.4.